The average Bonchev–Trinajstić information content (AvgIpc) is 2.18. The molecular formula is C9H12N4O3. The Bertz CT molecular complexity index is 518. The first-order valence-corrected chi connectivity index (χ1v) is 4.59. The fourth-order valence-electron chi connectivity index (χ4n) is 1.53. The summed E-state index contributed by atoms with van der Waals surface area (Å²) in [6.07, 6.45) is 0. The second-order valence-corrected chi connectivity index (χ2v) is 3.20. The van der Waals surface area contributed by atoms with E-state index in [1.165, 1.54) is 6.92 Å². The molecule has 0 bridgehead atoms. The van der Waals surface area contributed by atoms with Gasteiger partial charge in [-0.3, -0.25) is 14.2 Å². The molecule has 7 heteroatoms. The van der Waals surface area contributed by atoms with Gasteiger partial charge in [-0.2, -0.15) is 5.11 Å². The average molecular weight is 224 g/mol. The summed E-state index contributed by atoms with van der Waals surface area (Å²) in [6.45, 7) is 3.19. The van der Waals surface area contributed by atoms with E-state index in [-0.39, 0.29) is 23.4 Å². The van der Waals surface area contributed by atoms with Crippen LogP contribution in [-0.4, -0.2) is 15.6 Å². The molecule has 16 heavy (non-hydrogen) atoms. The van der Waals surface area contributed by atoms with Gasteiger partial charge in [-0.25, -0.2) is 5.53 Å². The van der Waals surface area contributed by atoms with Crippen molar-refractivity contribution in [2.24, 2.45) is 10.8 Å². The van der Waals surface area contributed by atoms with Gasteiger partial charge in [0.15, 0.2) is 5.69 Å². The van der Waals surface area contributed by atoms with Crippen LogP contribution in [-0.2, 0) is 6.54 Å². The van der Waals surface area contributed by atoms with E-state index in [2.05, 4.69) is 5.11 Å². The summed E-state index contributed by atoms with van der Waals surface area (Å²) in [5.41, 5.74) is 11.1. The van der Waals surface area contributed by atoms with Crippen molar-refractivity contribution in [3.05, 3.63) is 21.5 Å². The zero-order valence-electron chi connectivity index (χ0n) is 8.94. The quantitative estimate of drug-likeness (QED) is 0.653. The van der Waals surface area contributed by atoms with Gasteiger partial charge in [-0.1, -0.05) is 0 Å². The number of carbonyl (C=O) groups excluding carboxylic acids is 1. The number of carbonyl (C=O) groups is 1. The molecule has 1 aromatic rings. The first-order valence-electron chi connectivity index (χ1n) is 4.59. The van der Waals surface area contributed by atoms with Gasteiger partial charge in [-0.15, -0.1) is 0 Å². The minimum absolute atomic E-state index is 0.120. The Morgan fingerprint density at radius 1 is 1.62 bits per heavy atom. The lowest BCUT2D eigenvalue weighted by atomic mass is 10.1. The number of amides is 1. The second-order valence-electron chi connectivity index (χ2n) is 3.20. The summed E-state index contributed by atoms with van der Waals surface area (Å²) in [5.74, 6) is -1.34. The molecule has 1 aromatic heterocycles. The van der Waals surface area contributed by atoms with Crippen LogP contribution in [0.1, 0.15) is 22.8 Å². The van der Waals surface area contributed by atoms with E-state index in [1.807, 2.05) is 0 Å². The molecule has 0 spiro atoms. The van der Waals surface area contributed by atoms with Crippen molar-refractivity contribution >= 4 is 11.6 Å². The second kappa shape index (κ2) is 4.13. The minimum atomic E-state index is -0.859. The third-order valence-corrected chi connectivity index (χ3v) is 2.33. The number of nitrogens with zero attached hydrogens (tertiary/aromatic N) is 2. The van der Waals surface area contributed by atoms with Crippen LogP contribution in [0.3, 0.4) is 0 Å². The topological polar surface area (TPSA) is 122 Å². The summed E-state index contributed by atoms with van der Waals surface area (Å²) in [6, 6.07) is 0. The van der Waals surface area contributed by atoms with Crippen molar-refractivity contribution in [2.75, 3.05) is 0 Å². The van der Waals surface area contributed by atoms with Crippen molar-refractivity contribution in [3.63, 3.8) is 0 Å². The molecule has 0 saturated carbocycles. The van der Waals surface area contributed by atoms with Crippen LogP contribution in [0.2, 0.25) is 0 Å². The molecule has 0 atom stereocenters. The summed E-state index contributed by atoms with van der Waals surface area (Å²) in [5, 5.41) is 12.8. The Kier molecular flexibility index (Phi) is 3.07. The monoisotopic (exact) mass is 224 g/mol. The number of hydrogen-bond acceptors (Lipinski definition) is 5. The van der Waals surface area contributed by atoms with Gasteiger partial charge < -0.3 is 10.8 Å². The first-order chi connectivity index (χ1) is 7.45. The molecule has 7 nitrogen and oxygen atoms in total. The van der Waals surface area contributed by atoms with E-state index in [0.29, 0.717) is 0 Å². The highest BCUT2D eigenvalue weighted by Gasteiger charge is 2.21. The predicted molar refractivity (Wildman–Crippen MR) is 56.1 cm³/mol. The van der Waals surface area contributed by atoms with E-state index in [0.717, 1.165) is 4.57 Å². The van der Waals surface area contributed by atoms with E-state index in [4.69, 9.17) is 11.3 Å². The van der Waals surface area contributed by atoms with Crippen molar-refractivity contribution < 1.29 is 9.90 Å². The fourth-order valence-corrected chi connectivity index (χ4v) is 1.53. The van der Waals surface area contributed by atoms with E-state index < -0.39 is 17.3 Å². The van der Waals surface area contributed by atoms with E-state index in [1.54, 1.807) is 6.92 Å². The first kappa shape index (κ1) is 11.9. The Hall–Kier alpha value is -2.18. The molecule has 0 aromatic carbocycles. The summed E-state index contributed by atoms with van der Waals surface area (Å²) < 4.78 is 0.945. The smallest absolute Gasteiger partial charge is 0.281 e. The summed E-state index contributed by atoms with van der Waals surface area (Å²) in [4.78, 5) is 22.8. The summed E-state index contributed by atoms with van der Waals surface area (Å²) >= 11 is 0. The number of nitrogens with two attached hydrogens (primary N) is 1. The summed E-state index contributed by atoms with van der Waals surface area (Å²) in [7, 11) is 0. The number of nitrogens with one attached hydrogen (secondary N) is 1. The SMILES string of the molecule is CCn1c(O)c(C(N)=O)c(C)c(N=N)c1=O. The molecular weight excluding hydrogens is 212 g/mol. The molecule has 86 valence electrons. The molecule has 1 rings (SSSR count). The normalized spacial score (nSPS) is 10.1. The van der Waals surface area contributed by atoms with Crippen LogP contribution in [0.4, 0.5) is 5.69 Å². The van der Waals surface area contributed by atoms with Gasteiger partial charge in [0.25, 0.3) is 11.5 Å². The molecule has 0 aliphatic carbocycles. The maximum atomic E-state index is 11.7. The standard InChI is InChI=1S/C9H12N4O3/c1-3-13-8(15)5(7(10)14)4(2)6(12-11)9(13)16/h11,15H,3H2,1-2H3,(H2,10,14). The van der Waals surface area contributed by atoms with Crippen molar-refractivity contribution in [1.82, 2.24) is 4.57 Å². The van der Waals surface area contributed by atoms with Crippen LogP contribution >= 0.6 is 0 Å². The van der Waals surface area contributed by atoms with Crippen LogP contribution in [0.5, 0.6) is 5.88 Å². The minimum Gasteiger partial charge on any atom is -0.494 e. The number of aromatic hydroxyl groups is 1. The predicted octanol–water partition coefficient (Wildman–Crippen LogP) is 0.644. The van der Waals surface area contributed by atoms with Crippen molar-refractivity contribution in [2.45, 2.75) is 20.4 Å². The molecule has 0 radical (unpaired) electrons. The number of hydrogen-bond donors (Lipinski definition) is 3. The van der Waals surface area contributed by atoms with Gasteiger partial charge in [0, 0.05) is 12.1 Å². The van der Waals surface area contributed by atoms with Crippen LogP contribution in [0.15, 0.2) is 9.91 Å². The third-order valence-electron chi connectivity index (χ3n) is 2.33. The molecule has 0 aliphatic rings. The number of primary amides is 1. The lowest BCUT2D eigenvalue weighted by Gasteiger charge is -2.12. The molecule has 1 amide bonds. The maximum absolute atomic E-state index is 11.7. The van der Waals surface area contributed by atoms with E-state index >= 15 is 0 Å². The van der Waals surface area contributed by atoms with Crippen LogP contribution in [0, 0.1) is 12.5 Å². The van der Waals surface area contributed by atoms with Crippen molar-refractivity contribution in [3.8, 4) is 5.88 Å². The molecule has 0 aliphatic heterocycles. The number of rotatable bonds is 3. The lowest BCUT2D eigenvalue weighted by molar-refractivity contribution is 0.0995. The maximum Gasteiger partial charge on any atom is 0.281 e. The molecule has 0 unspecified atom stereocenters. The van der Waals surface area contributed by atoms with Gasteiger partial charge in [-0.05, 0) is 13.8 Å². The van der Waals surface area contributed by atoms with Gasteiger partial charge in [0.2, 0.25) is 5.88 Å². The third kappa shape index (κ3) is 1.56. The zero-order chi connectivity index (χ0) is 12.5. The zero-order valence-corrected chi connectivity index (χ0v) is 8.94. The highest BCUT2D eigenvalue weighted by molar-refractivity contribution is 5.97. The largest absolute Gasteiger partial charge is 0.494 e. The Labute approximate surface area is 91.0 Å². The van der Waals surface area contributed by atoms with Crippen LogP contribution < -0.4 is 11.3 Å². The van der Waals surface area contributed by atoms with Gasteiger partial charge in [0.05, 0.1) is 0 Å². The van der Waals surface area contributed by atoms with Crippen molar-refractivity contribution in [1.29, 1.82) is 5.53 Å². The van der Waals surface area contributed by atoms with Gasteiger partial charge in [0.1, 0.15) is 5.56 Å². The highest BCUT2D eigenvalue weighted by atomic mass is 16.3. The Morgan fingerprint density at radius 3 is 2.56 bits per heavy atom. The Balaban J connectivity index is 3.84. The molecule has 1 heterocycles. The molecule has 4 N–H and O–H groups in total. The molecule has 0 saturated heterocycles. The number of pyridine rings is 1. The highest BCUT2D eigenvalue weighted by Crippen LogP contribution is 2.25. The number of aromatic nitrogens is 1. The lowest BCUT2D eigenvalue weighted by Crippen LogP contribution is -2.25. The van der Waals surface area contributed by atoms with E-state index in [9.17, 15) is 14.7 Å². The fraction of sp³-hybridized carbons (Fsp3) is 0.333. The molecule has 0 fully saturated rings. The Morgan fingerprint density at radius 2 is 2.19 bits per heavy atom. The van der Waals surface area contributed by atoms with Crippen LogP contribution in [0.25, 0.3) is 0 Å². The van der Waals surface area contributed by atoms with Gasteiger partial charge >= 0.3 is 0 Å².